The fourth-order valence-corrected chi connectivity index (χ4v) is 6.31. The summed E-state index contributed by atoms with van der Waals surface area (Å²) in [6.45, 7) is 0. The average Bonchev–Trinajstić information content (AvgIpc) is 3.51. The quantitative estimate of drug-likeness (QED) is 0.194. The predicted molar refractivity (Wildman–Crippen MR) is 184 cm³/mol. The fraction of sp³-hybridized carbons (Fsp3) is 0. The van der Waals surface area contributed by atoms with Gasteiger partial charge in [-0.1, -0.05) is 109 Å². The first kappa shape index (κ1) is 25.9. The Morgan fingerprint density at radius 3 is 1.50 bits per heavy atom. The molecule has 1 aliphatic rings. The molecule has 0 radical (unpaired) electrons. The monoisotopic (exact) mass is 565 g/mol. The number of hydrogen-bond donors (Lipinski definition) is 0. The van der Waals surface area contributed by atoms with Crippen molar-refractivity contribution in [2.75, 3.05) is 4.90 Å². The molecule has 0 fully saturated rings. The van der Waals surface area contributed by atoms with E-state index in [1.54, 1.807) is 0 Å². The zero-order valence-electron chi connectivity index (χ0n) is 24.0. The van der Waals surface area contributed by atoms with Crippen LogP contribution in [0.25, 0.3) is 56.3 Å². The van der Waals surface area contributed by atoms with E-state index in [0.717, 1.165) is 28.2 Å². The summed E-state index contributed by atoms with van der Waals surface area (Å²) in [6, 6.07) is 53.9. The van der Waals surface area contributed by atoms with Crippen LogP contribution in [0, 0.1) is 5.82 Å². The van der Waals surface area contributed by atoms with Crippen molar-refractivity contribution in [1.29, 1.82) is 0 Å². The molecule has 0 saturated heterocycles. The first-order valence-electron chi connectivity index (χ1n) is 14.9. The van der Waals surface area contributed by atoms with Gasteiger partial charge in [0.2, 0.25) is 0 Å². The molecule has 0 saturated carbocycles. The van der Waals surface area contributed by atoms with E-state index in [1.165, 1.54) is 56.3 Å². The third kappa shape index (κ3) is 4.67. The van der Waals surface area contributed by atoms with E-state index in [1.807, 2.05) is 18.2 Å². The van der Waals surface area contributed by atoms with Gasteiger partial charge in [0.25, 0.3) is 0 Å². The molecule has 1 nitrogen and oxygen atoms in total. The zero-order chi connectivity index (χ0) is 29.5. The van der Waals surface area contributed by atoms with Crippen molar-refractivity contribution in [1.82, 2.24) is 0 Å². The molecule has 44 heavy (non-hydrogen) atoms. The molecular weight excluding hydrogens is 537 g/mol. The van der Waals surface area contributed by atoms with Gasteiger partial charge in [0, 0.05) is 17.1 Å². The molecule has 208 valence electrons. The second-order valence-electron chi connectivity index (χ2n) is 11.2. The Bertz CT molecular complexity index is 2130. The van der Waals surface area contributed by atoms with Crippen LogP contribution in [0.5, 0.6) is 0 Å². The van der Waals surface area contributed by atoms with E-state index < -0.39 is 0 Å². The van der Waals surface area contributed by atoms with Crippen LogP contribution in [0.4, 0.5) is 21.5 Å². The zero-order valence-corrected chi connectivity index (χ0v) is 24.0. The van der Waals surface area contributed by atoms with Gasteiger partial charge in [-0.15, -0.1) is 0 Å². The number of halogens is 1. The van der Waals surface area contributed by atoms with E-state index in [2.05, 4.69) is 144 Å². The summed E-state index contributed by atoms with van der Waals surface area (Å²) in [5.74, 6) is -0.250. The summed E-state index contributed by atoms with van der Waals surface area (Å²) >= 11 is 0. The maximum atomic E-state index is 13.9. The molecule has 8 rings (SSSR count). The molecule has 1 aliphatic carbocycles. The van der Waals surface area contributed by atoms with E-state index in [-0.39, 0.29) is 5.82 Å². The highest BCUT2D eigenvalue weighted by Crippen LogP contribution is 2.41. The lowest BCUT2D eigenvalue weighted by Gasteiger charge is -2.26. The van der Waals surface area contributed by atoms with Gasteiger partial charge in [-0.2, -0.15) is 0 Å². The highest BCUT2D eigenvalue weighted by atomic mass is 19.1. The highest BCUT2D eigenvalue weighted by molar-refractivity contribution is 6.11. The molecule has 0 bridgehead atoms. The van der Waals surface area contributed by atoms with Crippen molar-refractivity contribution in [3.63, 3.8) is 0 Å². The van der Waals surface area contributed by atoms with Crippen LogP contribution in [-0.4, -0.2) is 0 Å². The third-order valence-corrected chi connectivity index (χ3v) is 8.48. The maximum absolute atomic E-state index is 13.9. The summed E-state index contributed by atoms with van der Waals surface area (Å²) in [7, 11) is 0. The molecule has 0 aromatic heterocycles. The van der Waals surface area contributed by atoms with Gasteiger partial charge in [0.15, 0.2) is 0 Å². The van der Waals surface area contributed by atoms with Crippen LogP contribution in [0.15, 0.2) is 158 Å². The summed E-state index contributed by atoms with van der Waals surface area (Å²) in [5.41, 5.74) is 12.6. The standard InChI is InChI=1S/C42H28FN/c43-36-18-24-39(25-19-36)44(37-20-13-30(14-21-37)29-7-3-1-4-8-29)38-22-15-31(16-23-38)35-27-34-12-11-33-17-26-40(41(28-35)42(33)34)32-9-5-2-6-10-32/h1-28H. The Hall–Kier alpha value is -5.73. The Morgan fingerprint density at radius 2 is 0.886 bits per heavy atom. The van der Waals surface area contributed by atoms with E-state index in [0.29, 0.717) is 0 Å². The Labute approximate surface area is 256 Å². The molecule has 7 aromatic carbocycles. The molecule has 0 atom stereocenters. The Balaban J connectivity index is 1.19. The van der Waals surface area contributed by atoms with Gasteiger partial charge in [-0.3, -0.25) is 0 Å². The topological polar surface area (TPSA) is 3.24 Å². The van der Waals surface area contributed by atoms with Crippen LogP contribution < -0.4 is 4.90 Å². The third-order valence-electron chi connectivity index (χ3n) is 8.48. The lowest BCUT2D eigenvalue weighted by molar-refractivity contribution is 0.628. The van der Waals surface area contributed by atoms with Crippen molar-refractivity contribution in [2.45, 2.75) is 0 Å². The van der Waals surface area contributed by atoms with Crippen LogP contribution in [0.2, 0.25) is 0 Å². The predicted octanol–water partition coefficient (Wildman–Crippen LogP) is 11.9. The van der Waals surface area contributed by atoms with Gasteiger partial charge in [-0.05, 0) is 116 Å². The highest BCUT2D eigenvalue weighted by Gasteiger charge is 2.17. The van der Waals surface area contributed by atoms with Crippen molar-refractivity contribution in [2.24, 2.45) is 0 Å². The Morgan fingerprint density at radius 1 is 0.386 bits per heavy atom. The van der Waals surface area contributed by atoms with Gasteiger partial charge < -0.3 is 4.90 Å². The van der Waals surface area contributed by atoms with Crippen molar-refractivity contribution < 1.29 is 4.39 Å². The first-order chi connectivity index (χ1) is 21.7. The molecular formula is C42H28FN. The summed E-state index contributed by atoms with van der Waals surface area (Å²) in [5, 5.41) is 2.58. The second kappa shape index (κ2) is 10.8. The summed E-state index contributed by atoms with van der Waals surface area (Å²) in [6.07, 6.45) is 4.43. The van der Waals surface area contributed by atoms with Crippen LogP contribution in [0.1, 0.15) is 11.1 Å². The van der Waals surface area contributed by atoms with E-state index in [4.69, 9.17) is 0 Å². The van der Waals surface area contributed by atoms with E-state index >= 15 is 0 Å². The van der Waals surface area contributed by atoms with Crippen LogP contribution in [-0.2, 0) is 0 Å². The van der Waals surface area contributed by atoms with Gasteiger partial charge in [0.1, 0.15) is 5.82 Å². The average molecular weight is 566 g/mol. The molecule has 0 unspecified atom stereocenters. The molecule has 2 heteroatoms. The lowest BCUT2D eigenvalue weighted by atomic mass is 9.91. The minimum Gasteiger partial charge on any atom is -0.311 e. The van der Waals surface area contributed by atoms with Gasteiger partial charge >= 0.3 is 0 Å². The number of rotatable bonds is 6. The van der Waals surface area contributed by atoms with Gasteiger partial charge in [0.05, 0.1) is 0 Å². The molecule has 0 amide bonds. The first-order valence-corrected chi connectivity index (χ1v) is 14.9. The Kier molecular flexibility index (Phi) is 6.39. The SMILES string of the molecule is Fc1ccc(N(c2ccc(-c3ccccc3)cc2)c2ccc(-c3cc4c5c(ccc(-c6ccccc6)c5c3)C=C4)cc2)cc1. The van der Waals surface area contributed by atoms with Crippen molar-refractivity contribution in [3.8, 4) is 33.4 Å². The van der Waals surface area contributed by atoms with Crippen molar-refractivity contribution >= 4 is 40.0 Å². The normalized spacial score (nSPS) is 11.7. The summed E-state index contributed by atoms with van der Waals surface area (Å²) in [4.78, 5) is 2.17. The molecule has 0 N–H and O–H groups in total. The smallest absolute Gasteiger partial charge is 0.123 e. The molecule has 0 heterocycles. The molecule has 7 aromatic rings. The molecule has 0 spiro atoms. The largest absolute Gasteiger partial charge is 0.311 e. The molecule has 0 aliphatic heterocycles. The minimum absolute atomic E-state index is 0.250. The minimum atomic E-state index is -0.250. The number of hydrogen-bond acceptors (Lipinski definition) is 1. The maximum Gasteiger partial charge on any atom is 0.123 e. The number of benzene rings is 7. The van der Waals surface area contributed by atoms with E-state index in [9.17, 15) is 4.39 Å². The summed E-state index contributed by atoms with van der Waals surface area (Å²) < 4.78 is 13.9. The lowest BCUT2D eigenvalue weighted by Crippen LogP contribution is -2.09. The fourth-order valence-electron chi connectivity index (χ4n) is 6.31. The van der Waals surface area contributed by atoms with Crippen molar-refractivity contribution in [3.05, 3.63) is 175 Å². The van der Waals surface area contributed by atoms with Gasteiger partial charge in [-0.25, -0.2) is 4.39 Å². The number of nitrogens with zero attached hydrogens (tertiary/aromatic N) is 1. The second-order valence-corrected chi connectivity index (χ2v) is 11.2. The van der Waals surface area contributed by atoms with Crippen LogP contribution >= 0.6 is 0 Å². The number of anilines is 3. The van der Waals surface area contributed by atoms with Crippen LogP contribution in [0.3, 0.4) is 0 Å².